The number of aromatic nitrogens is 1. The Labute approximate surface area is 200 Å². The molecule has 2 N–H and O–H groups in total. The molecule has 1 aromatic carbocycles. The summed E-state index contributed by atoms with van der Waals surface area (Å²) in [4.78, 5) is 28.1. The summed E-state index contributed by atoms with van der Waals surface area (Å²) in [5.41, 5.74) is 2.57. The Morgan fingerprint density at radius 3 is 2.58 bits per heavy atom. The van der Waals surface area contributed by atoms with Crippen LogP contribution >= 0.6 is 11.6 Å². The number of aliphatic hydroxyl groups excluding tert-OH is 1. The van der Waals surface area contributed by atoms with Gasteiger partial charge in [0.2, 0.25) is 11.8 Å². The summed E-state index contributed by atoms with van der Waals surface area (Å²) in [6, 6.07) is 6.64. The summed E-state index contributed by atoms with van der Waals surface area (Å²) in [6.07, 6.45) is -0.556. The average molecular weight is 476 g/mol. The van der Waals surface area contributed by atoms with Gasteiger partial charge >= 0.3 is 0 Å². The lowest BCUT2D eigenvalue weighted by molar-refractivity contribution is -0.141. The fourth-order valence-corrected chi connectivity index (χ4v) is 4.62. The van der Waals surface area contributed by atoms with E-state index >= 15 is 0 Å². The van der Waals surface area contributed by atoms with Gasteiger partial charge in [-0.15, -0.1) is 0 Å². The predicted molar refractivity (Wildman–Crippen MR) is 127 cm³/mol. The lowest BCUT2D eigenvalue weighted by Gasteiger charge is -2.29. The zero-order valence-corrected chi connectivity index (χ0v) is 20.9. The second kappa shape index (κ2) is 9.85. The largest absolute Gasteiger partial charge is 0.391 e. The molecule has 8 heteroatoms. The molecular formula is C25H34ClN3O4. The van der Waals surface area contributed by atoms with Crippen LogP contribution in [0.4, 0.5) is 0 Å². The number of benzene rings is 1. The average Bonchev–Trinajstić information content (AvgIpc) is 3.31. The highest BCUT2D eigenvalue weighted by atomic mass is 35.5. The summed E-state index contributed by atoms with van der Waals surface area (Å²) < 4.78 is 5.38. The van der Waals surface area contributed by atoms with Crippen molar-refractivity contribution in [2.75, 3.05) is 6.54 Å². The lowest BCUT2D eigenvalue weighted by Crippen LogP contribution is -2.48. The molecule has 2 amide bonds. The number of hydrogen-bond acceptors (Lipinski definition) is 5. The van der Waals surface area contributed by atoms with Crippen molar-refractivity contribution in [3.63, 3.8) is 0 Å². The number of nitrogens with zero attached hydrogens (tertiary/aromatic N) is 2. The molecule has 0 bridgehead atoms. The summed E-state index contributed by atoms with van der Waals surface area (Å²) in [5, 5.41) is 17.8. The topological polar surface area (TPSA) is 95.7 Å². The molecule has 7 nitrogen and oxygen atoms in total. The van der Waals surface area contributed by atoms with E-state index in [1.165, 1.54) is 4.90 Å². The number of carbonyl (C=O) groups is 2. The van der Waals surface area contributed by atoms with Crippen molar-refractivity contribution in [1.29, 1.82) is 0 Å². The Kier molecular flexibility index (Phi) is 7.54. The van der Waals surface area contributed by atoms with E-state index in [9.17, 15) is 14.7 Å². The van der Waals surface area contributed by atoms with Crippen molar-refractivity contribution in [2.45, 2.75) is 78.0 Å². The minimum absolute atomic E-state index is 0.0604. The minimum atomic E-state index is -0.755. The van der Waals surface area contributed by atoms with Gasteiger partial charge in [0.15, 0.2) is 0 Å². The van der Waals surface area contributed by atoms with E-state index in [4.69, 9.17) is 16.1 Å². The van der Waals surface area contributed by atoms with Gasteiger partial charge in [-0.25, -0.2) is 0 Å². The SMILES string of the molecule is Cc1cc(C(C(=O)N2CC(O)CC2C(=O)NCc2ccc(Cl)cc2C(C)(C)C)C(C)C)on1. The van der Waals surface area contributed by atoms with Crippen LogP contribution in [0.25, 0.3) is 0 Å². The Hall–Kier alpha value is -2.38. The fourth-order valence-electron chi connectivity index (χ4n) is 4.45. The third kappa shape index (κ3) is 5.76. The van der Waals surface area contributed by atoms with Crippen molar-refractivity contribution < 1.29 is 19.2 Å². The standard InChI is InChI=1S/C25H34ClN3O4/c1-14(2)22(21-9-15(3)28-33-21)24(32)29-13-18(30)11-20(29)23(31)27-12-16-7-8-17(26)10-19(16)25(4,5)6/h7-10,14,18,20,22,30H,11-13H2,1-6H3,(H,27,31). The number of carbonyl (C=O) groups excluding carboxylic acids is 2. The van der Waals surface area contributed by atoms with Crippen LogP contribution in [0.2, 0.25) is 5.02 Å². The maximum atomic E-state index is 13.5. The number of nitrogens with one attached hydrogen (secondary N) is 1. The summed E-state index contributed by atoms with van der Waals surface area (Å²) >= 11 is 6.19. The maximum absolute atomic E-state index is 13.5. The highest BCUT2D eigenvalue weighted by Crippen LogP contribution is 2.32. The number of amides is 2. The molecular weight excluding hydrogens is 442 g/mol. The van der Waals surface area contributed by atoms with E-state index < -0.39 is 18.1 Å². The molecule has 3 unspecified atom stereocenters. The predicted octanol–water partition coefficient (Wildman–Crippen LogP) is 3.95. The molecule has 0 spiro atoms. The molecule has 1 aliphatic rings. The quantitative estimate of drug-likeness (QED) is 0.659. The molecule has 33 heavy (non-hydrogen) atoms. The summed E-state index contributed by atoms with van der Waals surface area (Å²) in [6.45, 7) is 12.4. The van der Waals surface area contributed by atoms with Gasteiger partial charge in [-0.1, -0.05) is 57.4 Å². The monoisotopic (exact) mass is 475 g/mol. The van der Waals surface area contributed by atoms with Crippen LogP contribution in [-0.4, -0.2) is 45.7 Å². The van der Waals surface area contributed by atoms with E-state index in [0.717, 1.165) is 11.1 Å². The number of hydrogen-bond donors (Lipinski definition) is 2. The van der Waals surface area contributed by atoms with Crippen LogP contribution in [0.5, 0.6) is 0 Å². The van der Waals surface area contributed by atoms with Crippen molar-refractivity contribution in [1.82, 2.24) is 15.4 Å². The molecule has 0 aliphatic carbocycles. The normalized spacial score (nSPS) is 19.7. The van der Waals surface area contributed by atoms with Crippen molar-refractivity contribution in [3.05, 3.63) is 51.9 Å². The van der Waals surface area contributed by atoms with Crippen LogP contribution in [0.15, 0.2) is 28.8 Å². The smallest absolute Gasteiger partial charge is 0.243 e. The van der Waals surface area contributed by atoms with E-state index in [-0.39, 0.29) is 36.1 Å². The van der Waals surface area contributed by atoms with Gasteiger partial charge in [-0.2, -0.15) is 0 Å². The number of likely N-dealkylation sites (tertiary alicyclic amines) is 1. The molecule has 1 fully saturated rings. The first-order valence-corrected chi connectivity index (χ1v) is 11.7. The number of aryl methyl sites for hydroxylation is 1. The Balaban J connectivity index is 1.78. The number of rotatable bonds is 6. The first kappa shape index (κ1) is 25.2. The second-order valence-corrected chi connectivity index (χ2v) is 10.7. The Morgan fingerprint density at radius 2 is 2.00 bits per heavy atom. The van der Waals surface area contributed by atoms with Crippen molar-refractivity contribution >= 4 is 23.4 Å². The summed E-state index contributed by atoms with van der Waals surface area (Å²) in [7, 11) is 0. The van der Waals surface area contributed by atoms with Gasteiger partial charge in [0.1, 0.15) is 17.7 Å². The Bertz CT molecular complexity index is 1010. The van der Waals surface area contributed by atoms with Crippen LogP contribution < -0.4 is 5.32 Å². The maximum Gasteiger partial charge on any atom is 0.243 e. The van der Waals surface area contributed by atoms with Crippen molar-refractivity contribution in [2.24, 2.45) is 5.92 Å². The number of β-amino-alcohol motifs (C(OH)–C–C–N with tert-alkyl or cyclic N) is 1. The van der Waals surface area contributed by atoms with E-state index in [1.54, 1.807) is 19.1 Å². The molecule has 1 aromatic heterocycles. The number of halogens is 1. The number of aliphatic hydroxyl groups is 1. The zero-order chi connectivity index (χ0) is 24.5. The fraction of sp³-hybridized carbons (Fsp3) is 0.560. The molecule has 3 atom stereocenters. The lowest BCUT2D eigenvalue weighted by atomic mass is 9.84. The third-order valence-corrected chi connectivity index (χ3v) is 6.32. The van der Waals surface area contributed by atoms with Crippen LogP contribution in [0.3, 0.4) is 0 Å². The van der Waals surface area contributed by atoms with Crippen LogP contribution in [-0.2, 0) is 21.5 Å². The van der Waals surface area contributed by atoms with Gasteiger partial charge < -0.3 is 19.8 Å². The first-order valence-electron chi connectivity index (χ1n) is 11.4. The first-order chi connectivity index (χ1) is 15.4. The highest BCUT2D eigenvalue weighted by molar-refractivity contribution is 6.30. The molecule has 180 valence electrons. The third-order valence-electron chi connectivity index (χ3n) is 6.08. The molecule has 0 saturated carbocycles. The summed E-state index contributed by atoms with van der Waals surface area (Å²) in [5.74, 6) is -0.681. The second-order valence-electron chi connectivity index (χ2n) is 10.3. The molecule has 2 heterocycles. The highest BCUT2D eigenvalue weighted by Gasteiger charge is 2.43. The molecule has 1 saturated heterocycles. The molecule has 0 radical (unpaired) electrons. The van der Waals surface area contributed by atoms with Crippen LogP contribution in [0.1, 0.15) is 69.5 Å². The van der Waals surface area contributed by atoms with Gasteiger partial charge in [-0.3, -0.25) is 9.59 Å². The molecule has 1 aliphatic heterocycles. The van der Waals surface area contributed by atoms with E-state index in [1.807, 2.05) is 26.0 Å². The van der Waals surface area contributed by atoms with E-state index in [0.29, 0.717) is 23.0 Å². The van der Waals surface area contributed by atoms with Gasteiger partial charge in [0.05, 0.1) is 11.8 Å². The van der Waals surface area contributed by atoms with Crippen molar-refractivity contribution in [3.8, 4) is 0 Å². The Morgan fingerprint density at radius 1 is 1.30 bits per heavy atom. The van der Waals surface area contributed by atoms with E-state index in [2.05, 4.69) is 31.2 Å². The van der Waals surface area contributed by atoms with Gasteiger partial charge in [-0.05, 0) is 41.5 Å². The van der Waals surface area contributed by atoms with Gasteiger partial charge in [0.25, 0.3) is 0 Å². The van der Waals surface area contributed by atoms with Gasteiger partial charge in [0, 0.05) is 30.6 Å². The van der Waals surface area contributed by atoms with Crippen LogP contribution in [0, 0.1) is 12.8 Å². The zero-order valence-electron chi connectivity index (χ0n) is 20.2. The molecule has 3 rings (SSSR count). The molecule has 2 aromatic rings. The minimum Gasteiger partial charge on any atom is -0.391 e.